The molecule has 11 heteroatoms. The van der Waals surface area contributed by atoms with Crippen LogP contribution in [0.15, 0.2) is 66.9 Å². The monoisotopic (exact) mass is 598 g/mol. The predicted molar refractivity (Wildman–Crippen MR) is 155 cm³/mol. The summed E-state index contributed by atoms with van der Waals surface area (Å²) in [6.45, 7) is 3.24. The van der Waals surface area contributed by atoms with Crippen LogP contribution < -0.4 is 0 Å². The second-order valence-corrected chi connectivity index (χ2v) is 11.2. The van der Waals surface area contributed by atoms with E-state index in [4.69, 9.17) is 33.1 Å². The third kappa shape index (κ3) is 6.32. The van der Waals surface area contributed by atoms with Crippen LogP contribution in [0, 0.1) is 0 Å². The van der Waals surface area contributed by atoms with Crippen molar-refractivity contribution in [1.82, 2.24) is 19.8 Å². The molecule has 2 aromatic carbocycles. The zero-order chi connectivity index (χ0) is 29.0. The first kappa shape index (κ1) is 29.6. The van der Waals surface area contributed by atoms with Gasteiger partial charge in [-0.3, -0.25) is 29.2 Å². The highest BCUT2D eigenvalue weighted by Gasteiger charge is 2.52. The van der Waals surface area contributed by atoms with E-state index in [9.17, 15) is 14.7 Å². The van der Waals surface area contributed by atoms with Crippen molar-refractivity contribution in [3.8, 4) is 0 Å². The van der Waals surface area contributed by atoms with Crippen LogP contribution in [0.1, 0.15) is 27.2 Å². The van der Waals surface area contributed by atoms with E-state index in [1.165, 1.54) is 5.06 Å². The summed E-state index contributed by atoms with van der Waals surface area (Å²) >= 11 is 12.3. The molecule has 1 saturated heterocycles. The summed E-state index contributed by atoms with van der Waals surface area (Å²) in [7, 11) is 0. The van der Waals surface area contributed by atoms with Crippen molar-refractivity contribution >= 4 is 34.9 Å². The Morgan fingerprint density at radius 2 is 1.66 bits per heavy atom. The molecule has 1 aromatic heterocycles. The average molecular weight is 600 g/mol. The summed E-state index contributed by atoms with van der Waals surface area (Å²) < 4.78 is 0. The van der Waals surface area contributed by atoms with Gasteiger partial charge < -0.3 is 10.2 Å². The zero-order valence-corrected chi connectivity index (χ0v) is 24.0. The number of aromatic nitrogens is 1. The molecule has 0 bridgehead atoms. The van der Waals surface area contributed by atoms with E-state index in [0.29, 0.717) is 46.5 Å². The Labute approximate surface area is 248 Å². The fourth-order valence-corrected chi connectivity index (χ4v) is 5.78. The number of ketones is 1. The number of rotatable bonds is 11. The van der Waals surface area contributed by atoms with E-state index >= 15 is 0 Å². The maximum atomic E-state index is 13.8. The van der Waals surface area contributed by atoms with E-state index in [2.05, 4.69) is 9.88 Å². The molecule has 216 valence electrons. The molecular weight excluding hydrogens is 567 g/mol. The van der Waals surface area contributed by atoms with Crippen LogP contribution in [0.2, 0.25) is 10.0 Å². The van der Waals surface area contributed by atoms with E-state index < -0.39 is 29.9 Å². The standard InChI is InChI=1S/C30H32Cl2N4O5/c31-22-7-5-21(6-8-22)30(17-24-10-9-23(32)18-33-24)26-4-2-1-3-25(26)29(40)36(30)41-20-28(39)27(38)19-35-13-11-34(12-14-35)15-16-37/h1-10,18,27,37-38H,11-17,19-20H2/t27?,30-/m1/s1. The Hall–Kier alpha value is -2.89. The minimum Gasteiger partial charge on any atom is -0.395 e. The van der Waals surface area contributed by atoms with Crippen molar-refractivity contribution in [2.45, 2.75) is 18.1 Å². The first-order chi connectivity index (χ1) is 19.8. The molecule has 1 fully saturated rings. The number of hydrogen-bond acceptors (Lipinski definition) is 8. The summed E-state index contributed by atoms with van der Waals surface area (Å²) in [5.41, 5.74) is 1.38. The number of benzene rings is 2. The van der Waals surface area contributed by atoms with Crippen molar-refractivity contribution in [1.29, 1.82) is 0 Å². The van der Waals surface area contributed by atoms with Gasteiger partial charge in [0.15, 0.2) is 5.78 Å². The fraction of sp³-hybridized carbons (Fsp3) is 0.367. The third-order valence-corrected chi connectivity index (χ3v) is 8.18. The highest BCUT2D eigenvalue weighted by atomic mass is 35.5. The molecule has 5 rings (SSSR count). The summed E-state index contributed by atoms with van der Waals surface area (Å²) in [6, 6.07) is 17.9. The van der Waals surface area contributed by atoms with Gasteiger partial charge in [0, 0.05) is 68.2 Å². The number of aliphatic hydroxyl groups is 2. The van der Waals surface area contributed by atoms with Crippen LogP contribution in [0.4, 0.5) is 0 Å². The number of Topliss-reactive ketones (excluding diaryl/α,β-unsaturated/α-hetero) is 1. The topological polar surface area (TPSA) is 106 Å². The number of hydroxylamine groups is 2. The Bertz CT molecular complexity index is 1370. The molecule has 2 aliphatic heterocycles. The van der Waals surface area contributed by atoms with Gasteiger partial charge in [-0.25, -0.2) is 5.06 Å². The number of piperazine rings is 1. The van der Waals surface area contributed by atoms with Crippen LogP contribution in [0.3, 0.4) is 0 Å². The molecule has 2 N–H and O–H groups in total. The number of halogens is 2. The van der Waals surface area contributed by atoms with Gasteiger partial charge in [0.05, 0.1) is 11.6 Å². The number of aliphatic hydroxyl groups excluding tert-OH is 2. The molecule has 9 nitrogen and oxygen atoms in total. The maximum absolute atomic E-state index is 13.8. The minimum absolute atomic E-state index is 0.100. The number of β-amino-alcohol motifs (C(OH)–C–C–N with tert-alkyl or cyclic N) is 2. The van der Waals surface area contributed by atoms with E-state index in [-0.39, 0.29) is 19.6 Å². The molecule has 3 aromatic rings. The first-order valence-corrected chi connectivity index (χ1v) is 14.3. The lowest BCUT2D eigenvalue weighted by molar-refractivity contribution is -0.180. The average Bonchev–Trinajstić information content (AvgIpc) is 3.22. The summed E-state index contributed by atoms with van der Waals surface area (Å²) in [5, 5.41) is 22.1. The molecule has 3 heterocycles. The second kappa shape index (κ2) is 13.0. The van der Waals surface area contributed by atoms with E-state index in [1.807, 2.05) is 29.2 Å². The Balaban J connectivity index is 1.40. The van der Waals surface area contributed by atoms with Crippen molar-refractivity contribution in [2.75, 3.05) is 52.5 Å². The molecule has 1 amide bonds. The van der Waals surface area contributed by atoms with Crippen molar-refractivity contribution in [3.63, 3.8) is 0 Å². The van der Waals surface area contributed by atoms with Gasteiger partial charge in [-0.15, -0.1) is 0 Å². The van der Waals surface area contributed by atoms with Crippen LogP contribution >= 0.6 is 23.2 Å². The highest BCUT2D eigenvalue weighted by molar-refractivity contribution is 6.30. The molecule has 2 atom stereocenters. The van der Waals surface area contributed by atoms with E-state index in [0.717, 1.165) is 18.7 Å². The van der Waals surface area contributed by atoms with Gasteiger partial charge in [0.1, 0.15) is 18.2 Å². The first-order valence-electron chi connectivity index (χ1n) is 13.5. The normalized spacial score (nSPS) is 20.3. The smallest absolute Gasteiger partial charge is 0.279 e. The highest BCUT2D eigenvalue weighted by Crippen LogP contribution is 2.46. The summed E-state index contributed by atoms with van der Waals surface area (Å²) in [5.74, 6) is -0.923. The summed E-state index contributed by atoms with van der Waals surface area (Å²) in [6.07, 6.45) is 0.509. The molecule has 0 aliphatic carbocycles. The van der Waals surface area contributed by atoms with Crippen LogP contribution in [0.25, 0.3) is 0 Å². The van der Waals surface area contributed by atoms with Gasteiger partial charge in [-0.1, -0.05) is 53.5 Å². The van der Waals surface area contributed by atoms with Crippen LogP contribution in [-0.4, -0.2) is 100 Å². The van der Waals surface area contributed by atoms with Crippen molar-refractivity contribution in [2.24, 2.45) is 0 Å². The molecule has 0 spiro atoms. The zero-order valence-electron chi connectivity index (χ0n) is 22.5. The number of nitrogens with zero attached hydrogens (tertiary/aromatic N) is 4. The maximum Gasteiger partial charge on any atom is 0.279 e. The number of carbonyl (C=O) groups excluding carboxylic acids is 2. The predicted octanol–water partition coefficient (Wildman–Crippen LogP) is 2.80. The molecule has 41 heavy (non-hydrogen) atoms. The summed E-state index contributed by atoms with van der Waals surface area (Å²) in [4.78, 5) is 41.6. The SMILES string of the molecule is O=C(CON1C(=O)c2ccccc2[C@@]1(Cc1ccc(Cl)cn1)c1ccc(Cl)cc1)C(O)CN1CCN(CCO)CC1. The Morgan fingerprint density at radius 3 is 2.34 bits per heavy atom. The van der Waals surface area contributed by atoms with Gasteiger partial charge >= 0.3 is 0 Å². The molecule has 0 radical (unpaired) electrons. The van der Waals surface area contributed by atoms with Crippen LogP contribution in [-0.2, 0) is 21.6 Å². The number of pyridine rings is 1. The number of hydrogen-bond donors (Lipinski definition) is 2. The quantitative estimate of drug-likeness (QED) is 0.347. The largest absolute Gasteiger partial charge is 0.395 e. The third-order valence-electron chi connectivity index (χ3n) is 7.70. The fourth-order valence-electron chi connectivity index (χ4n) is 5.54. The number of fused-ring (bicyclic) bond motifs is 1. The lowest BCUT2D eigenvalue weighted by atomic mass is 9.79. The van der Waals surface area contributed by atoms with E-state index in [1.54, 1.807) is 42.6 Å². The number of amides is 1. The molecule has 2 aliphatic rings. The van der Waals surface area contributed by atoms with Gasteiger partial charge in [-0.05, 0) is 41.5 Å². The van der Waals surface area contributed by atoms with Gasteiger partial charge in [0.25, 0.3) is 5.91 Å². The van der Waals surface area contributed by atoms with Crippen LogP contribution in [0.5, 0.6) is 0 Å². The Morgan fingerprint density at radius 1 is 0.976 bits per heavy atom. The lowest BCUT2D eigenvalue weighted by Crippen LogP contribution is -2.51. The Kier molecular flexibility index (Phi) is 9.35. The van der Waals surface area contributed by atoms with Gasteiger partial charge in [-0.2, -0.15) is 0 Å². The molecule has 0 saturated carbocycles. The van der Waals surface area contributed by atoms with Crippen molar-refractivity contribution < 1.29 is 24.6 Å². The number of carbonyl (C=O) groups is 2. The van der Waals surface area contributed by atoms with Crippen molar-refractivity contribution in [3.05, 3.63) is 99.3 Å². The minimum atomic E-state index is -1.28. The molecular formula is C30H32Cl2N4O5. The second-order valence-electron chi connectivity index (χ2n) is 10.3. The lowest BCUT2D eigenvalue weighted by Gasteiger charge is -2.38. The van der Waals surface area contributed by atoms with Gasteiger partial charge in [0.2, 0.25) is 0 Å². The molecule has 1 unspecified atom stereocenters.